The van der Waals surface area contributed by atoms with E-state index in [4.69, 9.17) is 12.2 Å². The summed E-state index contributed by atoms with van der Waals surface area (Å²) in [6.07, 6.45) is 1.78. The van der Waals surface area contributed by atoms with Gasteiger partial charge in [0, 0.05) is 30.6 Å². The first-order valence-electron chi connectivity index (χ1n) is 9.35. The third-order valence-electron chi connectivity index (χ3n) is 4.81. The van der Waals surface area contributed by atoms with Crippen molar-refractivity contribution < 1.29 is 9.72 Å². The largest absolute Gasteiger partial charge is 0.345 e. The van der Waals surface area contributed by atoms with Crippen molar-refractivity contribution in [2.45, 2.75) is 0 Å². The normalized spacial score (nSPS) is 14.9. The van der Waals surface area contributed by atoms with Crippen molar-refractivity contribution in [2.24, 2.45) is 0 Å². The zero-order valence-corrected chi connectivity index (χ0v) is 18.1. The first-order valence-corrected chi connectivity index (χ1v) is 10.6. The van der Waals surface area contributed by atoms with E-state index in [1.54, 1.807) is 12.1 Å². The number of hydrogen-bond donors (Lipinski definition) is 0. The van der Waals surface area contributed by atoms with Gasteiger partial charge in [-0.25, -0.2) is 0 Å². The average Bonchev–Trinajstić information content (AvgIpc) is 3.07. The molecule has 1 heterocycles. The SMILES string of the molecule is CN(c1ccccc1)c1ccc(/C=C2\SC(=S)N(c3cccc([N+](=O)[O-])c3)C2=O)cc1. The predicted octanol–water partition coefficient (Wildman–Crippen LogP) is 5.77. The number of nitro groups is 1. The Kier molecular flexibility index (Phi) is 5.83. The van der Waals surface area contributed by atoms with Crippen LogP contribution in [0.5, 0.6) is 0 Å². The van der Waals surface area contributed by atoms with Crippen LogP contribution in [0.25, 0.3) is 6.08 Å². The minimum Gasteiger partial charge on any atom is -0.345 e. The molecule has 1 amide bonds. The zero-order chi connectivity index (χ0) is 22.0. The van der Waals surface area contributed by atoms with E-state index in [1.165, 1.54) is 34.9 Å². The van der Waals surface area contributed by atoms with Crippen LogP contribution in [0.15, 0.2) is 83.8 Å². The number of anilines is 3. The lowest BCUT2D eigenvalue weighted by Crippen LogP contribution is -2.27. The number of carbonyl (C=O) groups is 1. The van der Waals surface area contributed by atoms with Crippen LogP contribution in [0.2, 0.25) is 0 Å². The minimum atomic E-state index is -0.495. The van der Waals surface area contributed by atoms with Gasteiger partial charge in [-0.15, -0.1) is 0 Å². The monoisotopic (exact) mass is 447 g/mol. The highest BCUT2D eigenvalue weighted by molar-refractivity contribution is 8.27. The third-order valence-corrected chi connectivity index (χ3v) is 6.12. The summed E-state index contributed by atoms with van der Waals surface area (Å²) in [5.74, 6) is -0.291. The molecule has 6 nitrogen and oxygen atoms in total. The Balaban J connectivity index is 1.56. The van der Waals surface area contributed by atoms with E-state index in [0.29, 0.717) is 14.9 Å². The van der Waals surface area contributed by atoms with Crippen molar-refractivity contribution in [3.63, 3.8) is 0 Å². The van der Waals surface area contributed by atoms with Gasteiger partial charge in [-0.05, 0) is 42.0 Å². The molecule has 0 atom stereocenters. The van der Waals surface area contributed by atoms with Gasteiger partial charge in [-0.2, -0.15) is 0 Å². The maximum absolute atomic E-state index is 12.9. The van der Waals surface area contributed by atoms with Crippen LogP contribution < -0.4 is 9.80 Å². The number of nitrogens with zero attached hydrogens (tertiary/aromatic N) is 3. The molecule has 154 valence electrons. The number of amides is 1. The van der Waals surface area contributed by atoms with Gasteiger partial charge in [0.15, 0.2) is 4.32 Å². The molecule has 0 bridgehead atoms. The smallest absolute Gasteiger partial charge is 0.271 e. The van der Waals surface area contributed by atoms with Gasteiger partial charge in [0.1, 0.15) is 0 Å². The summed E-state index contributed by atoms with van der Waals surface area (Å²) >= 11 is 6.54. The second-order valence-electron chi connectivity index (χ2n) is 6.78. The van der Waals surface area contributed by atoms with E-state index in [9.17, 15) is 14.9 Å². The summed E-state index contributed by atoms with van der Waals surface area (Å²) in [6, 6.07) is 23.8. The standard InChI is InChI=1S/C23H17N3O3S2/c1-24(17-6-3-2-4-7-17)18-12-10-16(11-13-18)14-21-22(27)25(23(30)31-21)19-8-5-9-20(15-19)26(28)29/h2-15H,1H3/b21-14-. The van der Waals surface area contributed by atoms with Gasteiger partial charge in [0.05, 0.1) is 15.5 Å². The topological polar surface area (TPSA) is 66.7 Å². The molecule has 4 rings (SSSR count). The molecule has 1 aliphatic heterocycles. The fourth-order valence-corrected chi connectivity index (χ4v) is 4.48. The molecule has 0 spiro atoms. The second-order valence-corrected chi connectivity index (χ2v) is 8.46. The molecule has 3 aromatic rings. The van der Waals surface area contributed by atoms with E-state index < -0.39 is 4.92 Å². The van der Waals surface area contributed by atoms with Crippen molar-refractivity contribution in [1.82, 2.24) is 0 Å². The first-order chi connectivity index (χ1) is 14.9. The lowest BCUT2D eigenvalue weighted by molar-refractivity contribution is -0.384. The highest BCUT2D eigenvalue weighted by atomic mass is 32.2. The van der Waals surface area contributed by atoms with Gasteiger partial charge < -0.3 is 4.90 Å². The Bertz CT molecular complexity index is 1190. The Hall–Kier alpha value is -3.49. The van der Waals surface area contributed by atoms with E-state index in [0.717, 1.165) is 16.9 Å². The lowest BCUT2D eigenvalue weighted by atomic mass is 10.1. The van der Waals surface area contributed by atoms with E-state index in [-0.39, 0.29) is 11.6 Å². The molecular formula is C23H17N3O3S2. The highest BCUT2D eigenvalue weighted by Gasteiger charge is 2.33. The van der Waals surface area contributed by atoms with Crippen LogP contribution in [-0.4, -0.2) is 22.2 Å². The van der Waals surface area contributed by atoms with Crippen LogP contribution in [0.1, 0.15) is 5.56 Å². The van der Waals surface area contributed by atoms with Gasteiger partial charge in [0.25, 0.3) is 11.6 Å². The number of carbonyl (C=O) groups excluding carboxylic acids is 1. The summed E-state index contributed by atoms with van der Waals surface area (Å²) in [5.41, 5.74) is 3.26. The molecule has 1 saturated heterocycles. The van der Waals surface area contributed by atoms with Crippen LogP contribution in [-0.2, 0) is 4.79 Å². The Labute approximate surface area is 188 Å². The molecule has 1 fully saturated rings. The Morgan fingerprint density at radius 2 is 1.68 bits per heavy atom. The Morgan fingerprint density at radius 1 is 1.00 bits per heavy atom. The number of para-hydroxylation sites is 1. The van der Waals surface area contributed by atoms with Crippen molar-refractivity contribution in [3.8, 4) is 0 Å². The molecule has 0 aliphatic carbocycles. The number of benzene rings is 3. The maximum Gasteiger partial charge on any atom is 0.271 e. The van der Waals surface area contributed by atoms with Crippen LogP contribution in [0.3, 0.4) is 0 Å². The molecule has 0 saturated carbocycles. The number of non-ortho nitro benzene ring substituents is 1. The van der Waals surface area contributed by atoms with Gasteiger partial charge in [-0.3, -0.25) is 19.8 Å². The minimum absolute atomic E-state index is 0.0892. The number of thioether (sulfide) groups is 1. The van der Waals surface area contributed by atoms with Crippen LogP contribution in [0, 0.1) is 10.1 Å². The highest BCUT2D eigenvalue weighted by Crippen LogP contribution is 2.37. The van der Waals surface area contributed by atoms with Crippen molar-refractivity contribution >= 4 is 63.0 Å². The molecule has 3 aromatic carbocycles. The van der Waals surface area contributed by atoms with Gasteiger partial charge in [0.2, 0.25) is 0 Å². The lowest BCUT2D eigenvalue weighted by Gasteiger charge is -2.19. The fraction of sp³-hybridized carbons (Fsp3) is 0.0435. The number of rotatable bonds is 5. The first kappa shape index (κ1) is 20.8. The van der Waals surface area contributed by atoms with Crippen LogP contribution in [0.4, 0.5) is 22.7 Å². The van der Waals surface area contributed by atoms with Gasteiger partial charge in [-0.1, -0.05) is 60.4 Å². The molecule has 0 N–H and O–H groups in total. The van der Waals surface area contributed by atoms with Crippen molar-refractivity contribution in [3.05, 3.63) is 99.4 Å². The molecule has 0 radical (unpaired) electrons. The average molecular weight is 448 g/mol. The van der Waals surface area contributed by atoms with Crippen LogP contribution >= 0.6 is 24.0 Å². The van der Waals surface area contributed by atoms with E-state index in [1.807, 2.05) is 61.6 Å². The van der Waals surface area contributed by atoms with Gasteiger partial charge >= 0.3 is 0 Å². The molecule has 0 unspecified atom stereocenters. The molecular weight excluding hydrogens is 430 g/mol. The maximum atomic E-state index is 12.9. The second kappa shape index (κ2) is 8.71. The molecule has 0 aromatic heterocycles. The fourth-order valence-electron chi connectivity index (χ4n) is 3.18. The predicted molar refractivity (Wildman–Crippen MR) is 130 cm³/mol. The molecule has 1 aliphatic rings. The third kappa shape index (κ3) is 4.35. The number of thiocarbonyl (C=S) groups is 1. The number of nitro benzene ring substituents is 1. The summed E-state index contributed by atoms with van der Waals surface area (Å²) in [5, 5.41) is 11.1. The molecule has 8 heteroatoms. The van der Waals surface area contributed by atoms with Crippen molar-refractivity contribution in [2.75, 3.05) is 16.8 Å². The number of hydrogen-bond acceptors (Lipinski definition) is 6. The van der Waals surface area contributed by atoms with Crippen molar-refractivity contribution in [1.29, 1.82) is 0 Å². The summed E-state index contributed by atoms with van der Waals surface area (Å²) in [4.78, 5) is 27.4. The quantitative estimate of drug-likeness (QED) is 0.214. The zero-order valence-electron chi connectivity index (χ0n) is 16.5. The molecule has 31 heavy (non-hydrogen) atoms. The van der Waals surface area contributed by atoms with E-state index >= 15 is 0 Å². The summed E-state index contributed by atoms with van der Waals surface area (Å²) in [7, 11) is 1.99. The Morgan fingerprint density at radius 3 is 2.35 bits per heavy atom. The summed E-state index contributed by atoms with van der Waals surface area (Å²) < 4.78 is 0.345. The van der Waals surface area contributed by atoms with E-state index in [2.05, 4.69) is 4.90 Å². The summed E-state index contributed by atoms with van der Waals surface area (Å²) in [6.45, 7) is 0.